The van der Waals surface area contributed by atoms with Crippen molar-refractivity contribution in [2.24, 2.45) is 0 Å². The average molecular weight is 602 g/mol. The van der Waals surface area contributed by atoms with Crippen molar-refractivity contribution in [2.75, 3.05) is 49.6 Å². The number of hydrogen-bond acceptors (Lipinski definition) is 8. The lowest BCUT2D eigenvalue weighted by Gasteiger charge is -2.46. The van der Waals surface area contributed by atoms with Crippen LogP contribution in [0.2, 0.25) is 5.02 Å². The molecule has 2 fully saturated rings. The Kier molecular flexibility index (Phi) is 8.60. The summed E-state index contributed by atoms with van der Waals surface area (Å²) in [7, 11) is 2.14. The summed E-state index contributed by atoms with van der Waals surface area (Å²) in [5.74, 6) is 0.958. The Morgan fingerprint density at radius 2 is 1.95 bits per heavy atom. The van der Waals surface area contributed by atoms with E-state index in [0.29, 0.717) is 44.7 Å². The molecule has 0 spiro atoms. The zero-order valence-corrected chi connectivity index (χ0v) is 26.1. The molecule has 0 saturated carbocycles. The number of nitrogens with zero attached hydrogens (tertiary/aromatic N) is 7. The molecule has 3 aliphatic heterocycles. The number of fused-ring (bicyclic) bond motifs is 2. The van der Waals surface area contributed by atoms with Crippen molar-refractivity contribution in [1.82, 2.24) is 19.8 Å². The highest BCUT2D eigenvalue weighted by Gasteiger charge is 2.37. The standard InChI is InChI=1S/C33H40ClN7O2/c1-4-30(42)41-18-22(2)40(19-24(41)13-15-35)32-26-14-17-39(29-12-6-9-23-8-5-11-27(34)31(23)29)20-28(26)36-33(37-32)43-21-25-10-7-16-38(25)3/h5-6,8-9,11-12,22,24-25H,4,7,10,13-14,16-21H2,1-3H3/t22?,24-,25+/m1/s1. The second kappa shape index (κ2) is 12.6. The van der Waals surface area contributed by atoms with E-state index in [1.54, 1.807) is 0 Å². The fraction of sp³-hybridized carbons (Fsp3) is 0.515. The van der Waals surface area contributed by atoms with Crippen molar-refractivity contribution >= 4 is 39.8 Å². The molecule has 43 heavy (non-hydrogen) atoms. The number of amides is 1. The predicted octanol–water partition coefficient (Wildman–Crippen LogP) is 5.05. The summed E-state index contributed by atoms with van der Waals surface area (Å²) in [6.07, 6.45) is 3.75. The molecule has 226 valence electrons. The molecular weight excluding hydrogens is 562 g/mol. The van der Waals surface area contributed by atoms with Crippen LogP contribution in [0.4, 0.5) is 11.5 Å². The van der Waals surface area contributed by atoms with Crippen LogP contribution in [0.5, 0.6) is 6.01 Å². The van der Waals surface area contributed by atoms with Gasteiger partial charge in [-0.2, -0.15) is 15.2 Å². The minimum absolute atomic E-state index is 0.0353. The average Bonchev–Trinajstić information content (AvgIpc) is 3.44. The van der Waals surface area contributed by atoms with Crippen molar-refractivity contribution in [2.45, 2.75) is 70.6 Å². The van der Waals surface area contributed by atoms with Crippen LogP contribution >= 0.6 is 11.6 Å². The highest BCUT2D eigenvalue weighted by Crippen LogP contribution is 2.38. The molecular formula is C33H40ClN7O2. The molecule has 0 radical (unpaired) electrons. The number of aromatic nitrogens is 2. The van der Waals surface area contributed by atoms with E-state index in [0.717, 1.165) is 64.5 Å². The quantitative estimate of drug-likeness (QED) is 0.372. The maximum Gasteiger partial charge on any atom is 0.318 e. The van der Waals surface area contributed by atoms with Crippen LogP contribution in [0.1, 0.15) is 50.8 Å². The lowest BCUT2D eigenvalue weighted by Crippen LogP contribution is -2.59. The number of benzene rings is 2. The van der Waals surface area contributed by atoms with E-state index < -0.39 is 0 Å². The van der Waals surface area contributed by atoms with E-state index in [9.17, 15) is 10.1 Å². The second-order valence-corrected chi connectivity index (χ2v) is 12.5. The van der Waals surface area contributed by atoms with Gasteiger partial charge < -0.3 is 24.3 Å². The van der Waals surface area contributed by atoms with Crippen LogP contribution < -0.4 is 14.5 Å². The molecule has 4 heterocycles. The maximum atomic E-state index is 12.8. The van der Waals surface area contributed by atoms with E-state index in [2.05, 4.69) is 59.0 Å². The Labute approximate surface area is 259 Å². The molecule has 3 aliphatic rings. The van der Waals surface area contributed by atoms with Crippen LogP contribution in [-0.2, 0) is 17.8 Å². The largest absolute Gasteiger partial charge is 0.462 e. The van der Waals surface area contributed by atoms with Gasteiger partial charge in [-0.05, 0) is 57.3 Å². The van der Waals surface area contributed by atoms with Gasteiger partial charge in [0.05, 0.1) is 35.8 Å². The fourth-order valence-electron chi connectivity index (χ4n) is 6.92. The van der Waals surface area contributed by atoms with E-state index in [-0.39, 0.29) is 24.4 Å². The Morgan fingerprint density at radius 3 is 2.70 bits per heavy atom. The van der Waals surface area contributed by atoms with Gasteiger partial charge in [-0.25, -0.2) is 0 Å². The molecule has 3 atom stereocenters. The van der Waals surface area contributed by atoms with Crippen LogP contribution in [0.15, 0.2) is 36.4 Å². The maximum absolute atomic E-state index is 12.8. The Hall–Kier alpha value is -3.61. The predicted molar refractivity (Wildman–Crippen MR) is 170 cm³/mol. The lowest BCUT2D eigenvalue weighted by molar-refractivity contribution is -0.134. The molecule has 0 bridgehead atoms. The number of rotatable bonds is 7. The minimum Gasteiger partial charge on any atom is -0.462 e. The van der Waals surface area contributed by atoms with Gasteiger partial charge >= 0.3 is 6.01 Å². The van der Waals surface area contributed by atoms with Crippen molar-refractivity contribution in [3.63, 3.8) is 0 Å². The number of carbonyl (C=O) groups excluding carboxylic acids is 1. The van der Waals surface area contributed by atoms with E-state index in [1.807, 2.05) is 24.0 Å². The lowest BCUT2D eigenvalue weighted by atomic mass is 9.99. The van der Waals surface area contributed by atoms with Gasteiger partial charge in [0.15, 0.2) is 0 Å². The fourth-order valence-corrected chi connectivity index (χ4v) is 7.20. The molecule has 9 nitrogen and oxygen atoms in total. The van der Waals surface area contributed by atoms with Gasteiger partial charge in [-0.3, -0.25) is 4.79 Å². The molecule has 3 aromatic rings. The smallest absolute Gasteiger partial charge is 0.318 e. The number of carbonyl (C=O) groups is 1. The SMILES string of the molecule is CCC(=O)N1CC(C)N(c2nc(OC[C@@H]3CCCN3C)nc3c2CCN(c2cccc4cccc(Cl)c24)C3)C[C@H]1CC#N. The zero-order valence-electron chi connectivity index (χ0n) is 25.3. The third-order valence-electron chi connectivity index (χ3n) is 9.33. The number of likely N-dealkylation sites (N-methyl/N-ethyl adjacent to an activating group) is 1. The summed E-state index contributed by atoms with van der Waals surface area (Å²) in [5.41, 5.74) is 3.16. The number of ether oxygens (including phenoxy) is 1. The first-order valence-electron chi connectivity index (χ1n) is 15.5. The third kappa shape index (κ3) is 5.83. The summed E-state index contributed by atoms with van der Waals surface area (Å²) < 4.78 is 6.33. The number of anilines is 2. The van der Waals surface area contributed by atoms with E-state index in [4.69, 9.17) is 26.3 Å². The van der Waals surface area contributed by atoms with Crippen molar-refractivity contribution < 1.29 is 9.53 Å². The van der Waals surface area contributed by atoms with Crippen LogP contribution in [0.3, 0.4) is 0 Å². The first kappa shape index (κ1) is 29.5. The first-order valence-corrected chi connectivity index (χ1v) is 15.8. The van der Waals surface area contributed by atoms with Crippen LogP contribution in [0, 0.1) is 11.3 Å². The van der Waals surface area contributed by atoms with Crippen molar-refractivity contribution in [3.8, 4) is 12.1 Å². The summed E-state index contributed by atoms with van der Waals surface area (Å²) in [6, 6.07) is 15.2. The van der Waals surface area contributed by atoms with Crippen LogP contribution in [-0.4, -0.2) is 83.6 Å². The Bertz CT molecular complexity index is 1540. The molecule has 2 aromatic carbocycles. The molecule has 1 aromatic heterocycles. The number of halogens is 1. The van der Waals surface area contributed by atoms with Gasteiger partial charge in [-0.1, -0.05) is 42.8 Å². The van der Waals surface area contributed by atoms with E-state index in [1.165, 1.54) is 6.42 Å². The Morgan fingerprint density at radius 1 is 1.14 bits per heavy atom. The zero-order chi connectivity index (χ0) is 30.1. The van der Waals surface area contributed by atoms with Crippen LogP contribution in [0.25, 0.3) is 10.8 Å². The third-order valence-corrected chi connectivity index (χ3v) is 9.65. The molecule has 1 amide bonds. The molecule has 6 rings (SSSR count). The highest BCUT2D eigenvalue weighted by molar-refractivity contribution is 6.36. The van der Waals surface area contributed by atoms with Gasteiger partial charge in [0.1, 0.15) is 12.4 Å². The second-order valence-electron chi connectivity index (χ2n) is 12.0. The Balaban J connectivity index is 1.36. The van der Waals surface area contributed by atoms with Gasteiger partial charge in [0, 0.05) is 54.8 Å². The van der Waals surface area contributed by atoms with Crippen molar-refractivity contribution in [3.05, 3.63) is 52.7 Å². The number of piperazine rings is 1. The van der Waals surface area contributed by atoms with Gasteiger partial charge in [0.25, 0.3) is 0 Å². The summed E-state index contributed by atoms with van der Waals surface area (Å²) in [5, 5.41) is 12.5. The molecule has 0 N–H and O–H groups in total. The summed E-state index contributed by atoms with van der Waals surface area (Å²) in [4.78, 5) is 31.7. The van der Waals surface area contributed by atoms with Gasteiger partial charge in [0.2, 0.25) is 5.91 Å². The topological polar surface area (TPSA) is 88.8 Å². The first-order chi connectivity index (χ1) is 20.9. The normalized spacial score (nSPS) is 22.5. The number of likely N-dealkylation sites (tertiary alicyclic amines) is 1. The number of nitriles is 1. The van der Waals surface area contributed by atoms with Crippen molar-refractivity contribution in [1.29, 1.82) is 5.26 Å². The highest BCUT2D eigenvalue weighted by atomic mass is 35.5. The van der Waals surface area contributed by atoms with Gasteiger partial charge in [-0.15, -0.1) is 0 Å². The molecule has 1 unspecified atom stereocenters. The summed E-state index contributed by atoms with van der Waals surface area (Å²) >= 11 is 6.71. The summed E-state index contributed by atoms with van der Waals surface area (Å²) in [6.45, 7) is 8.15. The molecule has 0 aliphatic carbocycles. The molecule has 2 saturated heterocycles. The van der Waals surface area contributed by atoms with E-state index >= 15 is 0 Å². The molecule has 10 heteroatoms. The monoisotopic (exact) mass is 601 g/mol. The number of hydrogen-bond donors (Lipinski definition) is 0. The minimum atomic E-state index is -0.186.